The number of carbonyl (C=O) groups is 2. The standard InChI is InChI=1S/C35H64BNO4/c1-9-11-12-13-14-15-16-18-26-24-37(33(39)40-34(4,5)6)31(32(38)25(3)10-2)28(26)19-17-22-36-41-30-21-20-27-23-29(30)35(27,7)8/h25-31,36H,9-24H2,1-8H3/t25?,26-,27+,28?,29?,30?,31?/m0/s1. The van der Waals surface area contributed by atoms with E-state index in [9.17, 15) is 9.59 Å². The first kappa shape index (κ1) is 34.5. The molecule has 0 spiro atoms. The molecule has 1 aliphatic heterocycles. The van der Waals surface area contributed by atoms with Crippen LogP contribution < -0.4 is 0 Å². The number of likely N-dealkylation sites (tertiary alicyclic amines) is 1. The second kappa shape index (κ2) is 15.6. The summed E-state index contributed by atoms with van der Waals surface area (Å²) in [6.45, 7) is 17.6. The van der Waals surface area contributed by atoms with Gasteiger partial charge < -0.3 is 9.39 Å². The Bertz CT molecular complexity index is 821. The molecule has 4 aliphatic rings. The minimum Gasteiger partial charge on any atom is -0.444 e. The van der Waals surface area contributed by atoms with Crippen LogP contribution in [0, 0.1) is 35.0 Å². The molecule has 1 saturated heterocycles. The Morgan fingerprint density at radius 2 is 1.66 bits per heavy atom. The van der Waals surface area contributed by atoms with E-state index in [4.69, 9.17) is 9.39 Å². The monoisotopic (exact) mass is 573 g/mol. The van der Waals surface area contributed by atoms with Gasteiger partial charge in [0.1, 0.15) is 5.60 Å². The number of hydrogen-bond acceptors (Lipinski definition) is 4. The Balaban J connectivity index is 1.62. The zero-order valence-electron chi connectivity index (χ0n) is 28.1. The fourth-order valence-corrected chi connectivity index (χ4v) is 8.08. The number of amides is 1. The summed E-state index contributed by atoms with van der Waals surface area (Å²) in [7, 11) is 0.816. The maximum atomic E-state index is 13.8. The van der Waals surface area contributed by atoms with Gasteiger partial charge in [-0.05, 0) is 88.4 Å². The van der Waals surface area contributed by atoms with Crippen LogP contribution in [-0.2, 0) is 14.2 Å². The number of rotatable bonds is 17. The van der Waals surface area contributed by atoms with E-state index < -0.39 is 5.60 Å². The molecule has 7 atom stereocenters. The van der Waals surface area contributed by atoms with Crippen molar-refractivity contribution < 1.29 is 19.0 Å². The average molecular weight is 574 g/mol. The molecular weight excluding hydrogens is 509 g/mol. The molecule has 0 aromatic rings. The molecule has 236 valence electrons. The molecular formula is C35H64BNO4. The lowest BCUT2D eigenvalue weighted by Gasteiger charge is -2.59. The number of Topliss-reactive ketones (excluding diaryl/α,β-unsaturated/α-hetero) is 1. The van der Waals surface area contributed by atoms with Gasteiger partial charge in [-0.1, -0.05) is 92.3 Å². The largest absolute Gasteiger partial charge is 0.444 e. The van der Waals surface area contributed by atoms with E-state index in [-0.39, 0.29) is 29.8 Å². The second-order valence-electron chi connectivity index (χ2n) is 15.5. The Kier molecular flexibility index (Phi) is 13.1. The minimum atomic E-state index is -0.571. The minimum absolute atomic E-state index is 0.0472. The Labute approximate surface area is 253 Å². The first-order chi connectivity index (χ1) is 19.4. The summed E-state index contributed by atoms with van der Waals surface area (Å²) in [5.41, 5.74) is -0.122. The topological polar surface area (TPSA) is 55.8 Å². The molecule has 3 aliphatic carbocycles. The van der Waals surface area contributed by atoms with Crippen LogP contribution in [0.2, 0.25) is 6.32 Å². The average Bonchev–Trinajstić information content (AvgIpc) is 3.28. The van der Waals surface area contributed by atoms with Gasteiger partial charge >= 0.3 is 6.09 Å². The lowest BCUT2D eigenvalue weighted by atomic mass is 9.48. The van der Waals surface area contributed by atoms with E-state index in [2.05, 4.69) is 27.7 Å². The van der Waals surface area contributed by atoms with Crippen molar-refractivity contribution in [3.05, 3.63) is 0 Å². The van der Waals surface area contributed by atoms with Crippen molar-refractivity contribution in [1.82, 2.24) is 4.90 Å². The third-order valence-corrected chi connectivity index (χ3v) is 11.0. The maximum absolute atomic E-state index is 13.8. The van der Waals surface area contributed by atoms with Crippen molar-refractivity contribution in [3.63, 3.8) is 0 Å². The molecule has 5 unspecified atom stereocenters. The molecule has 1 heterocycles. The molecule has 5 nitrogen and oxygen atoms in total. The molecule has 41 heavy (non-hydrogen) atoms. The highest BCUT2D eigenvalue weighted by atomic mass is 16.6. The van der Waals surface area contributed by atoms with Crippen molar-refractivity contribution >= 4 is 19.4 Å². The van der Waals surface area contributed by atoms with E-state index in [0.29, 0.717) is 24.0 Å². The molecule has 4 fully saturated rings. The van der Waals surface area contributed by atoms with E-state index in [1.54, 1.807) is 0 Å². The van der Waals surface area contributed by atoms with Crippen molar-refractivity contribution in [2.24, 2.45) is 35.0 Å². The molecule has 2 bridgehead atoms. The Hall–Kier alpha value is -1.04. The summed E-state index contributed by atoms with van der Waals surface area (Å²) >= 11 is 0. The summed E-state index contributed by atoms with van der Waals surface area (Å²) in [5.74, 6) is 2.38. The first-order valence-electron chi connectivity index (χ1n) is 17.6. The van der Waals surface area contributed by atoms with Crippen LogP contribution in [0.25, 0.3) is 0 Å². The SMILES string of the molecule is CCCCCCCCC[C@H]1CN(C(=O)OC(C)(C)C)C(C(=O)C(C)CC)C1CCCBOC1CC[C@@H]2CC1C2(C)C. The highest BCUT2D eigenvalue weighted by molar-refractivity contribution is 6.27. The molecule has 3 saturated carbocycles. The first-order valence-corrected chi connectivity index (χ1v) is 17.6. The second-order valence-corrected chi connectivity index (χ2v) is 15.5. The summed E-state index contributed by atoms with van der Waals surface area (Å²) < 4.78 is 12.3. The lowest BCUT2D eigenvalue weighted by molar-refractivity contribution is -0.130. The Morgan fingerprint density at radius 1 is 0.976 bits per heavy atom. The van der Waals surface area contributed by atoms with Gasteiger partial charge in [-0.2, -0.15) is 0 Å². The molecule has 4 rings (SSSR count). The van der Waals surface area contributed by atoms with Gasteiger partial charge in [-0.25, -0.2) is 4.79 Å². The van der Waals surface area contributed by atoms with E-state index in [1.165, 1.54) is 64.2 Å². The van der Waals surface area contributed by atoms with Crippen molar-refractivity contribution in [1.29, 1.82) is 0 Å². The lowest BCUT2D eigenvalue weighted by Crippen LogP contribution is -2.55. The summed E-state index contributed by atoms with van der Waals surface area (Å²) in [6.07, 6.45) is 18.0. The number of unbranched alkanes of at least 4 members (excludes halogenated alkanes) is 6. The van der Waals surface area contributed by atoms with Gasteiger partial charge in [0.05, 0.1) is 6.04 Å². The molecule has 0 N–H and O–H groups in total. The van der Waals surface area contributed by atoms with Gasteiger partial charge in [0.25, 0.3) is 7.48 Å². The predicted molar refractivity (Wildman–Crippen MR) is 171 cm³/mol. The van der Waals surface area contributed by atoms with Gasteiger partial charge in [-0.15, -0.1) is 0 Å². The number of ketones is 1. The van der Waals surface area contributed by atoms with Crippen molar-refractivity contribution in [2.75, 3.05) is 6.54 Å². The number of fused-ring (bicyclic) bond motifs is 2. The van der Waals surface area contributed by atoms with Crippen LogP contribution in [0.1, 0.15) is 145 Å². The number of carbonyl (C=O) groups excluding carboxylic acids is 2. The molecule has 0 aromatic carbocycles. The quantitative estimate of drug-likeness (QED) is 0.129. The fraction of sp³-hybridized carbons (Fsp3) is 0.943. The third-order valence-electron chi connectivity index (χ3n) is 11.0. The molecule has 6 heteroatoms. The highest BCUT2D eigenvalue weighted by Crippen LogP contribution is 2.59. The van der Waals surface area contributed by atoms with Crippen LogP contribution >= 0.6 is 0 Å². The maximum Gasteiger partial charge on any atom is 0.410 e. The summed E-state index contributed by atoms with van der Waals surface area (Å²) in [6, 6.07) is -0.360. The molecule has 0 radical (unpaired) electrons. The van der Waals surface area contributed by atoms with Crippen molar-refractivity contribution in [2.45, 2.75) is 169 Å². The van der Waals surface area contributed by atoms with Gasteiger partial charge in [0.15, 0.2) is 5.78 Å². The normalized spacial score (nSPS) is 29.6. The van der Waals surface area contributed by atoms with E-state index >= 15 is 0 Å². The predicted octanol–water partition coefficient (Wildman–Crippen LogP) is 8.99. The number of ether oxygens (including phenoxy) is 1. The van der Waals surface area contributed by atoms with E-state index in [0.717, 1.165) is 51.3 Å². The van der Waals surface area contributed by atoms with Crippen LogP contribution in [-0.4, -0.2) is 48.6 Å². The Morgan fingerprint density at radius 3 is 2.27 bits per heavy atom. The van der Waals surface area contributed by atoms with E-state index in [1.807, 2.05) is 32.6 Å². The van der Waals surface area contributed by atoms with Crippen LogP contribution in [0.5, 0.6) is 0 Å². The van der Waals surface area contributed by atoms with Gasteiger partial charge in [-0.3, -0.25) is 9.69 Å². The van der Waals surface area contributed by atoms with Gasteiger partial charge in [0.2, 0.25) is 0 Å². The van der Waals surface area contributed by atoms with Crippen LogP contribution in [0.4, 0.5) is 4.79 Å². The zero-order valence-corrected chi connectivity index (χ0v) is 28.1. The summed E-state index contributed by atoms with van der Waals surface area (Å²) in [4.78, 5) is 29.1. The summed E-state index contributed by atoms with van der Waals surface area (Å²) in [5, 5.41) is 0. The molecule has 1 amide bonds. The van der Waals surface area contributed by atoms with Gasteiger partial charge in [0, 0.05) is 18.6 Å². The zero-order chi connectivity index (χ0) is 30.2. The fourth-order valence-electron chi connectivity index (χ4n) is 8.08. The third kappa shape index (κ3) is 9.23. The van der Waals surface area contributed by atoms with Crippen LogP contribution in [0.15, 0.2) is 0 Å². The smallest absolute Gasteiger partial charge is 0.410 e. The highest BCUT2D eigenvalue weighted by Gasteiger charge is 2.54. The molecule has 0 aromatic heterocycles. The van der Waals surface area contributed by atoms with Crippen molar-refractivity contribution in [3.8, 4) is 0 Å². The van der Waals surface area contributed by atoms with Crippen LogP contribution in [0.3, 0.4) is 0 Å². The number of hydrogen-bond donors (Lipinski definition) is 0. The number of nitrogens with zero attached hydrogens (tertiary/aromatic N) is 1.